The van der Waals surface area contributed by atoms with Crippen molar-refractivity contribution in [1.29, 1.82) is 0 Å². The van der Waals surface area contributed by atoms with Crippen LogP contribution in [-0.2, 0) is 21.7 Å². The van der Waals surface area contributed by atoms with Gasteiger partial charge >= 0.3 is 0 Å². The molecule has 0 aliphatic carbocycles. The van der Waals surface area contributed by atoms with Crippen molar-refractivity contribution in [2.45, 2.75) is 97.8 Å². The normalized spacial score (nSPS) is 13.7. The minimum atomic E-state index is -0.297. The molecule has 6 aromatic carbocycles. The lowest BCUT2D eigenvalue weighted by Gasteiger charge is -2.29. The van der Waals surface area contributed by atoms with E-state index in [1.165, 1.54) is 55.4 Å². The summed E-state index contributed by atoms with van der Waals surface area (Å²) in [7, 11) is 0. The Balaban J connectivity index is 1.13. The summed E-state index contributed by atoms with van der Waals surface area (Å²) < 4.78 is 9.34. The maximum atomic E-state index is 7.03. The number of nitrogens with zero attached hydrogens (tertiary/aromatic N) is 4. The Morgan fingerprint density at radius 3 is 1.73 bits per heavy atom. The number of pyridine rings is 1. The van der Waals surface area contributed by atoms with Crippen molar-refractivity contribution in [3.05, 3.63) is 192 Å². The van der Waals surface area contributed by atoms with Crippen molar-refractivity contribution in [2.24, 2.45) is 0 Å². The number of benzene rings is 6. The van der Waals surface area contributed by atoms with Crippen molar-refractivity contribution >= 4 is 33.2 Å². The minimum Gasteiger partial charge on any atom is -0.457 e. The topological polar surface area (TPSA) is 33.5 Å². The molecule has 0 amide bonds. The maximum absolute atomic E-state index is 7.03. The molecule has 0 saturated heterocycles. The van der Waals surface area contributed by atoms with Gasteiger partial charge in [0, 0.05) is 58.3 Å². The Morgan fingerprint density at radius 2 is 1.06 bits per heavy atom. The molecule has 0 N–H and O–H groups in total. The van der Waals surface area contributed by atoms with Gasteiger partial charge in [-0.1, -0.05) is 149 Å². The van der Waals surface area contributed by atoms with Crippen LogP contribution in [0.25, 0.3) is 38.8 Å². The minimum absolute atomic E-state index is 0.00796. The highest BCUT2D eigenvalue weighted by molar-refractivity contribution is 6.09. The third kappa shape index (κ3) is 8.32. The van der Waals surface area contributed by atoms with Crippen molar-refractivity contribution in [1.82, 2.24) is 9.55 Å². The largest absolute Gasteiger partial charge is 0.457 e. The van der Waals surface area contributed by atoms with Gasteiger partial charge in [0.05, 0.1) is 17.7 Å². The van der Waals surface area contributed by atoms with Gasteiger partial charge in [0.2, 0.25) is 0 Å². The molecule has 0 radical (unpaired) electrons. The van der Waals surface area contributed by atoms with Crippen LogP contribution in [0.3, 0.4) is 0 Å². The molecule has 9 rings (SSSR count). The molecule has 5 heteroatoms. The number of hydrogen-bond donors (Lipinski definition) is 0. The fraction of sp³-hybridized carbons (Fsp3) is 0.271. The van der Waals surface area contributed by atoms with Crippen molar-refractivity contribution in [3.8, 4) is 28.4 Å². The van der Waals surface area contributed by atoms with E-state index >= 15 is 0 Å². The summed E-state index contributed by atoms with van der Waals surface area (Å²) in [6, 6.07) is 53.0. The average Bonchev–Trinajstić information content (AvgIpc) is 3.89. The summed E-state index contributed by atoms with van der Waals surface area (Å²) in [4.78, 5) is 9.64. The van der Waals surface area contributed by atoms with E-state index in [9.17, 15) is 0 Å². The zero-order chi connectivity index (χ0) is 45.2. The van der Waals surface area contributed by atoms with Crippen LogP contribution in [0.15, 0.2) is 164 Å². The molecule has 8 aromatic rings. The van der Waals surface area contributed by atoms with E-state index in [2.05, 4.69) is 249 Å². The third-order valence-corrected chi connectivity index (χ3v) is 13.1. The standard InChI is InChI=1S/C59H62N4O/c1-56(2,3)43-22-25-53-52(35-43)51-24-23-49(38-54(51)63(53)55-36-44(26-27-60-55)57(4,5)6)64-50-34-46(59(10,11)42-20-16-13-17-21-42)33-48(37-50)62-29-28-61(39-62)47-31-41(40-18-14-12-15-19-40)30-45(32-47)58(7,8)9/h12-38H,39H2,1-11H3. The second kappa shape index (κ2) is 15.9. The van der Waals surface area contributed by atoms with E-state index < -0.39 is 0 Å². The fourth-order valence-corrected chi connectivity index (χ4v) is 8.87. The number of rotatable bonds is 8. The SMILES string of the molecule is CC(C)(C)c1cc(-c2ccccc2)cc(N2C=CN(c3cc(Oc4ccc5c6cc(C(C)(C)C)ccc6n(-c6cc(C(C)(C)C)ccn6)c5c4)cc(C(C)(C)c4ccccc4)c3)C2)c1. The molecule has 2 aromatic heterocycles. The second-order valence-corrected chi connectivity index (χ2v) is 21.2. The molecule has 1 aliphatic heterocycles. The monoisotopic (exact) mass is 842 g/mol. The quantitative estimate of drug-likeness (QED) is 0.153. The molecule has 64 heavy (non-hydrogen) atoms. The Bertz CT molecular complexity index is 3030. The summed E-state index contributed by atoms with van der Waals surface area (Å²) in [5, 5.41) is 2.38. The van der Waals surface area contributed by atoms with Crippen LogP contribution >= 0.6 is 0 Å². The van der Waals surface area contributed by atoms with Gasteiger partial charge in [-0.15, -0.1) is 0 Å². The first-order chi connectivity index (χ1) is 30.3. The predicted molar refractivity (Wildman–Crippen MR) is 271 cm³/mol. The molecule has 324 valence electrons. The van der Waals surface area contributed by atoms with E-state index in [4.69, 9.17) is 9.72 Å². The molecule has 5 nitrogen and oxygen atoms in total. The molecule has 0 spiro atoms. The van der Waals surface area contributed by atoms with Crippen molar-refractivity contribution < 1.29 is 4.74 Å². The highest BCUT2D eigenvalue weighted by Gasteiger charge is 2.28. The third-order valence-electron chi connectivity index (χ3n) is 13.1. The van der Waals surface area contributed by atoms with Crippen molar-refractivity contribution in [2.75, 3.05) is 16.5 Å². The van der Waals surface area contributed by atoms with Gasteiger partial charge < -0.3 is 14.5 Å². The Labute approximate surface area is 380 Å². The lowest BCUT2D eigenvalue weighted by atomic mass is 9.78. The van der Waals surface area contributed by atoms with Crippen LogP contribution in [-0.4, -0.2) is 16.2 Å². The molecular weight excluding hydrogens is 781 g/mol. The number of anilines is 2. The molecule has 0 unspecified atom stereocenters. The number of ether oxygens (including phenoxy) is 1. The van der Waals surface area contributed by atoms with Gasteiger partial charge in [-0.05, 0) is 116 Å². The number of hydrogen-bond acceptors (Lipinski definition) is 4. The summed E-state index contributed by atoms with van der Waals surface area (Å²) in [6.07, 6.45) is 6.34. The fourth-order valence-electron chi connectivity index (χ4n) is 8.87. The van der Waals surface area contributed by atoms with Gasteiger partial charge in [-0.2, -0.15) is 0 Å². The van der Waals surface area contributed by atoms with Crippen molar-refractivity contribution in [3.63, 3.8) is 0 Å². The number of aromatic nitrogens is 2. The zero-order valence-electron chi connectivity index (χ0n) is 39.5. The van der Waals surface area contributed by atoms with Gasteiger partial charge in [-0.25, -0.2) is 4.98 Å². The zero-order valence-corrected chi connectivity index (χ0v) is 39.5. The molecule has 0 bridgehead atoms. The van der Waals surface area contributed by atoms with E-state index in [1.54, 1.807) is 0 Å². The summed E-state index contributed by atoms with van der Waals surface area (Å²) in [5.41, 5.74) is 12.8. The summed E-state index contributed by atoms with van der Waals surface area (Å²) in [6.45, 7) is 25.7. The van der Waals surface area contributed by atoms with Gasteiger partial charge in [0.15, 0.2) is 0 Å². The molecule has 3 heterocycles. The predicted octanol–water partition coefficient (Wildman–Crippen LogP) is 15.6. The second-order valence-electron chi connectivity index (χ2n) is 21.2. The van der Waals surface area contributed by atoms with Crippen LogP contribution in [0.4, 0.5) is 11.4 Å². The summed E-state index contributed by atoms with van der Waals surface area (Å²) >= 11 is 0. The molecule has 0 saturated carbocycles. The van der Waals surface area contributed by atoms with E-state index in [0.717, 1.165) is 34.0 Å². The van der Waals surface area contributed by atoms with Crippen LogP contribution in [0.2, 0.25) is 0 Å². The first kappa shape index (κ1) is 42.7. The molecule has 0 fully saturated rings. The van der Waals surface area contributed by atoms with Crippen LogP contribution in [0.1, 0.15) is 104 Å². The number of fused-ring (bicyclic) bond motifs is 3. The highest BCUT2D eigenvalue weighted by atomic mass is 16.5. The lowest BCUT2D eigenvalue weighted by molar-refractivity contribution is 0.480. The average molecular weight is 843 g/mol. The Morgan fingerprint density at radius 1 is 0.438 bits per heavy atom. The molecular formula is C59H62N4O. The van der Waals surface area contributed by atoms with Gasteiger partial charge in [0.25, 0.3) is 0 Å². The van der Waals surface area contributed by atoms with Gasteiger partial charge in [0.1, 0.15) is 17.3 Å². The Kier molecular flexibility index (Phi) is 10.6. The maximum Gasteiger partial charge on any atom is 0.137 e. The first-order valence-electron chi connectivity index (χ1n) is 22.7. The first-order valence-corrected chi connectivity index (χ1v) is 22.7. The molecule has 0 atom stereocenters. The molecule has 1 aliphatic rings. The lowest BCUT2D eigenvalue weighted by Crippen LogP contribution is -2.26. The van der Waals surface area contributed by atoms with E-state index in [0.29, 0.717) is 6.67 Å². The van der Waals surface area contributed by atoms with Crippen LogP contribution in [0, 0.1) is 0 Å². The smallest absolute Gasteiger partial charge is 0.137 e. The highest BCUT2D eigenvalue weighted by Crippen LogP contribution is 2.42. The van der Waals surface area contributed by atoms with E-state index in [-0.39, 0.29) is 21.7 Å². The summed E-state index contributed by atoms with van der Waals surface area (Å²) in [5.74, 6) is 2.46. The van der Waals surface area contributed by atoms with Crippen LogP contribution < -0.4 is 14.5 Å². The van der Waals surface area contributed by atoms with Gasteiger partial charge in [-0.3, -0.25) is 4.57 Å². The Hall–Kier alpha value is -6.59. The van der Waals surface area contributed by atoms with E-state index in [1.807, 2.05) is 6.20 Å². The van der Waals surface area contributed by atoms with Crippen LogP contribution in [0.5, 0.6) is 11.5 Å².